The van der Waals surface area contributed by atoms with Gasteiger partial charge in [-0.2, -0.15) is 10.2 Å². The number of rotatable bonds is 4. The van der Waals surface area contributed by atoms with E-state index < -0.39 is 23.0 Å². The first-order valence-corrected chi connectivity index (χ1v) is 4.94. The summed E-state index contributed by atoms with van der Waals surface area (Å²) in [5, 5.41) is 17.4. The van der Waals surface area contributed by atoms with Gasteiger partial charge in [0.15, 0.2) is 0 Å². The van der Waals surface area contributed by atoms with Crippen LogP contribution in [-0.4, -0.2) is 26.4 Å². The van der Waals surface area contributed by atoms with Gasteiger partial charge in [0.25, 0.3) is 0 Å². The van der Waals surface area contributed by atoms with Gasteiger partial charge in [-0.15, -0.1) is 0 Å². The smallest absolute Gasteiger partial charge is 0.335 e. The summed E-state index contributed by atoms with van der Waals surface area (Å²) < 4.78 is 15.1. The van der Waals surface area contributed by atoms with Gasteiger partial charge in [0.05, 0.1) is 16.0 Å². The highest BCUT2D eigenvalue weighted by Crippen LogP contribution is 2.14. The molecule has 0 aromatic heterocycles. The van der Waals surface area contributed by atoms with Crippen molar-refractivity contribution in [3.8, 4) is 0 Å². The Labute approximate surface area is 92.1 Å². The van der Waals surface area contributed by atoms with Crippen molar-refractivity contribution in [3.05, 3.63) is 29.3 Å². The van der Waals surface area contributed by atoms with E-state index in [-0.39, 0.29) is 16.0 Å². The number of carboxylic acids is 2. The van der Waals surface area contributed by atoms with Crippen LogP contribution in [0, 0.1) is 0 Å². The average Bonchev–Trinajstić information content (AvgIpc) is 2.27. The summed E-state index contributed by atoms with van der Waals surface area (Å²) in [5.74, 6) is 1.99. The van der Waals surface area contributed by atoms with E-state index in [4.69, 9.17) is 10.2 Å². The van der Waals surface area contributed by atoms with Gasteiger partial charge in [0.2, 0.25) is 11.1 Å². The fourth-order valence-corrected chi connectivity index (χ4v) is 1.56. The minimum atomic E-state index is -2.09. The second-order valence-corrected chi connectivity index (χ2v) is 3.82. The third-order valence-corrected chi connectivity index (χ3v) is 2.48. The Morgan fingerprint density at radius 1 is 1.12 bits per heavy atom. The molecule has 0 aliphatic heterocycles. The molecule has 7 nitrogen and oxygen atoms in total. The molecule has 86 valence electrons. The molecule has 0 amide bonds. The number of carboxylic acid groups (broad SMARTS) is 2. The predicted octanol–water partition coefficient (Wildman–Crippen LogP) is -0.00410. The van der Waals surface area contributed by atoms with Crippen molar-refractivity contribution in [2.75, 3.05) is 0 Å². The fourth-order valence-electron chi connectivity index (χ4n) is 0.998. The van der Waals surface area contributed by atoms with Crippen molar-refractivity contribution >= 4 is 23.0 Å². The second-order valence-electron chi connectivity index (χ2n) is 2.69. The molecule has 0 aliphatic rings. The highest BCUT2D eigenvalue weighted by molar-refractivity contribution is 7.80. The van der Waals surface area contributed by atoms with Crippen LogP contribution in [0.15, 0.2) is 23.1 Å². The first kappa shape index (κ1) is 12.3. The van der Waals surface area contributed by atoms with Gasteiger partial charge in [-0.05, 0) is 18.2 Å². The summed E-state index contributed by atoms with van der Waals surface area (Å²) in [7, 11) is 0. The highest BCUT2D eigenvalue weighted by Gasteiger charge is 2.14. The van der Waals surface area contributed by atoms with Gasteiger partial charge in [0, 0.05) is 0 Å². The zero-order valence-corrected chi connectivity index (χ0v) is 8.56. The molecule has 0 saturated carbocycles. The van der Waals surface area contributed by atoms with Crippen LogP contribution in [0.1, 0.15) is 20.7 Å². The Bertz CT molecular complexity index is 439. The Kier molecular flexibility index (Phi) is 3.72. The van der Waals surface area contributed by atoms with Crippen molar-refractivity contribution in [1.29, 1.82) is 0 Å². The Hall–Kier alpha value is -1.77. The Morgan fingerprint density at radius 3 is 1.88 bits per heavy atom. The minimum absolute atomic E-state index is 0.125. The van der Waals surface area contributed by atoms with Crippen molar-refractivity contribution in [3.63, 3.8) is 0 Å². The maximum Gasteiger partial charge on any atom is 0.335 e. The monoisotopic (exact) mass is 245 g/mol. The number of carbonyl (C=O) groups is 2. The van der Waals surface area contributed by atoms with Gasteiger partial charge in [0.1, 0.15) is 0 Å². The van der Waals surface area contributed by atoms with E-state index in [0.29, 0.717) is 0 Å². The topological polar surface area (TPSA) is 127 Å². The van der Waals surface area contributed by atoms with E-state index >= 15 is 0 Å². The van der Waals surface area contributed by atoms with Crippen LogP contribution in [0.25, 0.3) is 0 Å². The van der Waals surface area contributed by atoms with Crippen LogP contribution in [0.4, 0.5) is 0 Å². The van der Waals surface area contributed by atoms with Crippen molar-refractivity contribution in [1.82, 2.24) is 0 Å². The summed E-state index contributed by atoms with van der Waals surface area (Å²) in [6.45, 7) is 0. The van der Waals surface area contributed by atoms with Gasteiger partial charge < -0.3 is 10.2 Å². The lowest BCUT2D eigenvalue weighted by Crippen LogP contribution is -2.08. The van der Waals surface area contributed by atoms with Gasteiger partial charge >= 0.3 is 11.9 Å². The maximum absolute atomic E-state index is 11.1. The molecule has 1 aromatic rings. The van der Waals surface area contributed by atoms with Crippen LogP contribution in [-0.2, 0) is 15.4 Å². The highest BCUT2D eigenvalue weighted by atomic mass is 32.2. The van der Waals surface area contributed by atoms with Crippen molar-refractivity contribution in [2.24, 2.45) is 5.90 Å². The van der Waals surface area contributed by atoms with Crippen LogP contribution in [0.2, 0.25) is 0 Å². The Morgan fingerprint density at radius 2 is 1.56 bits per heavy atom. The molecule has 0 spiro atoms. The van der Waals surface area contributed by atoms with Gasteiger partial charge in [-0.1, -0.05) is 0 Å². The lowest BCUT2D eigenvalue weighted by molar-refractivity contribution is 0.0696. The van der Waals surface area contributed by atoms with E-state index in [1.165, 1.54) is 0 Å². The third kappa shape index (κ3) is 2.63. The molecular weight excluding hydrogens is 238 g/mol. The number of hydrogen-bond acceptors (Lipinski definition) is 5. The normalized spacial score (nSPS) is 12.1. The lowest BCUT2D eigenvalue weighted by atomic mass is 10.1. The van der Waals surface area contributed by atoms with E-state index in [2.05, 4.69) is 10.2 Å². The molecule has 1 unspecified atom stereocenters. The largest absolute Gasteiger partial charge is 0.478 e. The molecule has 1 aromatic carbocycles. The summed E-state index contributed by atoms with van der Waals surface area (Å²) >= 11 is -2.09. The molecule has 0 fully saturated rings. The SMILES string of the molecule is NOS(=O)c1cc(C(=O)O)cc(C(=O)O)c1. The minimum Gasteiger partial charge on any atom is -0.478 e. The van der Waals surface area contributed by atoms with Crippen LogP contribution in [0.5, 0.6) is 0 Å². The summed E-state index contributed by atoms with van der Waals surface area (Å²) in [4.78, 5) is 21.2. The zero-order valence-electron chi connectivity index (χ0n) is 7.75. The molecule has 8 heteroatoms. The van der Waals surface area contributed by atoms with Crippen LogP contribution >= 0.6 is 0 Å². The van der Waals surface area contributed by atoms with Crippen molar-refractivity contribution < 1.29 is 28.3 Å². The molecule has 0 heterocycles. The Balaban J connectivity index is 3.35. The standard InChI is InChI=1S/C8H7NO6S/c9-15-16(14)6-2-4(7(10)11)1-5(3-6)8(12)13/h1-3H,9H2,(H,10,11)(H,12,13). The molecule has 1 rings (SSSR count). The number of nitrogens with two attached hydrogens (primary N) is 1. The predicted molar refractivity (Wildman–Crippen MR) is 52.0 cm³/mol. The molecule has 4 N–H and O–H groups in total. The number of hydrogen-bond donors (Lipinski definition) is 3. The van der Waals surface area contributed by atoms with Gasteiger partial charge in [-0.25, -0.2) is 13.8 Å². The van der Waals surface area contributed by atoms with Crippen LogP contribution < -0.4 is 5.90 Å². The molecule has 16 heavy (non-hydrogen) atoms. The average molecular weight is 245 g/mol. The molecule has 0 saturated heterocycles. The fraction of sp³-hybridized carbons (Fsp3) is 0. The molecule has 0 aliphatic carbocycles. The third-order valence-electron chi connectivity index (χ3n) is 1.68. The first-order chi connectivity index (χ1) is 7.45. The first-order valence-electron chi connectivity index (χ1n) is 3.86. The van der Waals surface area contributed by atoms with E-state index in [9.17, 15) is 13.8 Å². The summed E-state index contributed by atoms with van der Waals surface area (Å²) in [6.07, 6.45) is 0. The number of benzene rings is 1. The molecule has 0 radical (unpaired) electrons. The van der Waals surface area contributed by atoms with E-state index in [0.717, 1.165) is 18.2 Å². The molecule has 1 atom stereocenters. The summed E-state index contributed by atoms with van der Waals surface area (Å²) in [6, 6.07) is 3.00. The zero-order chi connectivity index (χ0) is 12.3. The molecule has 0 bridgehead atoms. The quantitative estimate of drug-likeness (QED) is 0.637. The second kappa shape index (κ2) is 4.84. The summed E-state index contributed by atoms with van der Waals surface area (Å²) in [5.41, 5.74) is -0.611. The van der Waals surface area contributed by atoms with E-state index in [1.54, 1.807) is 0 Å². The van der Waals surface area contributed by atoms with Gasteiger partial charge in [-0.3, -0.25) is 0 Å². The number of aromatic carboxylic acids is 2. The maximum atomic E-state index is 11.1. The lowest BCUT2D eigenvalue weighted by Gasteiger charge is -2.02. The van der Waals surface area contributed by atoms with E-state index in [1.807, 2.05) is 0 Å². The van der Waals surface area contributed by atoms with Crippen LogP contribution in [0.3, 0.4) is 0 Å². The molecular formula is C8H7NO6S. The van der Waals surface area contributed by atoms with Crippen molar-refractivity contribution in [2.45, 2.75) is 4.90 Å².